The average Bonchev–Trinajstić information content (AvgIpc) is 2.03. The van der Waals surface area contributed by atoms with E-state index in [2.05, 4.69) is 10.1 Å². The smallest absolute Gasteiger partial charge is 0.322 e. The van der Waals surface area contributed by atoms with Crippen molar-refractivity contribution >= 4 is 5.97 Å². The SMILES string of the molecule is CCNC(CCO)C(=O)OC. The van der Waals surface area contributed by atoms with E-state index in [9.17, 15) is 4.79 Å². The summed E-state index contributed by atoms with van der Waals surface area (Å²) in [5, 5.41) is 11.5. The fourth-order valence-corrected chi connectivity index (χ4v) is 0.821. The van der Waals surface area contributed by atoms with Crippen molar-refractivity contribution in [3.63, 3.8) is 0 Å². The maximum absolute atomic E-state index is 10.9. The van der Waals surface area contributed by atoms with Crippen molar-refractivity contribution in [3.8, 4) is 0 Å². The quantitative estimate of drug-likeness (QED) is 0.535. The molecule has 0 aliphatic rings. The molecule has 0 rings (SSSR count). The fourth-order valence-electron chi connectivity index (χ4n) is 0.821. The molecule has 66 valence electrons. The van der Waals surface area contributed by atoms with Crippen molar-refractivity contribution in [2.75, 3.05) is 20.3 Å². The van der Waals surface area contributed by atoms with Crippen molar-refractivity contribution in [1.82, 2.24) is 5.32 Å². The number of hydrogen-bond donors (Lipinski definition) is 2. The summed E-state index contributed by atoms with van der Waals surface area (Å²) >= 11 is 0. The van der Waals surface area contributed by atoms with Gasteiger partial charge in [0.1, 0.15) is 6.04 Å². The number of nitrogens with one attached hydrogen (secondary N) is 1. The number of ether oxygens (including phenoxy) is 1. The number of esters is 1. The Kier molecular flexibility index (Phi) is 5.78. The van der Waals surface area contributed by atoms with Gasteiger partial charge in [-0.1, -0.05) is 6.92 Å². The van der Waals surface area contributed by atoms with Gasteiger partial charge in [0.05, 0.1) is 7.11 Å². The summed E-state index contributed by atoms with van der Waals surface area (Å²) in [6, 6.07) is -0.366. The van der Waals surface area contributed by atoms with Crippen LogP contribution in [0.25, 0.3) is 0 Å². The molecule has 0 aromatic rings. The Morgan fingerprint density at radius 1 is 1.73 bits per heavy atom. The van der Waals surface area contributed by atoms with Gasteiger partial charge in [-0.3, -0.25) is 4.79 Å². The van der Waals surface area contributed by atoms with Gasteiger partial charge >= 0.3 is 5.97 Å². The zero-order valence-corrected chi connectivity index (χ0v) is 6.96. The van der Waals surface area contributed by atoms with Gasteiger partial charge in [-0.15, -0.1) is 0 Å². The predicted molar refractivity (Wildman–Crippen MR) is 41.2 cm³/mol. The van der Waals surface area contributed by atoms with Crippen LogP contribution in [-0.2, 0) is 9.53 Å². The molecular weight excluding hydrogens is 146 g/mol. The van der Waals surface area contributed by atoms with Gasteiger partial charge in [-0.2, -0.15) is 0 Å². The second kappa shape index (κ2) is 6.12. The molecule has 1 unspecified atom stereocenters. The second-order valence-corrected chi connectivity index (χ2v) is 2.15. The second-order valence-electron chi connectivity index (χ2n) is 2.15. The van der Waals surface area contributed by atoms with Gasteiger partial charge in [-0.25, -0.2) is 0 Å². The first-order chi connectivity index (χ1) is 5.26. The predicted octanol–water partition coefficient (Wildman–Crippen LogP) is -0.480. The highest BCUT2D eigenvalue weighted by atomic mass is 16.5. The molecule has 0 aliphatic carbocycles. The maximum Gasteiger partial charge on any atom is 0.322 e. The van der Waals surface area contributed by atoms with Crippen molar-refractivity contribution in [1.29, 1.82) is 0 Å². The fraction of sp³-hybridized carbons (Fsp3) is 0.857. The molecule has 0 heterocycles. The Morgan fingerprint density at radius 2 is 2.36 bits per heavy atom. The molecule has 0 spiro atoms. The van der Waals surface area contributed by atoms with E-state index in [1.54, 1.807) is 0 Å². The summed E-state index contributed by atoms with van der Waals surface area (Å²) in [4.78, 5) is 10.9. The molecular formula is C7H15NO3. The van der Waals surface area contributed by atoms with E-state index in [1.165, 1.54) is 7.11 Å². The summed E-state index contributed by atoms with van der Waals surface area (Å²) in [6.07, 6.45) is 0.403. The number of carbonyl (C=O) groups excluding carboxylic acids is 1. The third-order valence-corrected chi connectivity index (χ3v) is 1.35. The molecule has 11 heavy (non-hydrogen) atoms. The third-order valence-electron chi connectivity index (χ3n) is 1.35. The lowest BCUT2D eigenvalue weighted by Crippen LogP contribution is -2.38. The number of rotatable bonds is 5. The summed E-state index contributed by atoms with van der Waals surface area (Å²) in [6.45, 7) is 2.58. The van der Waals surface area contributed by atoms with E-state index in [4.69, 9.17) is 5.11 Å². The Labute approximate surface area is 66.5 Å². The van der Waals surface area contributed by atoms with E-state index >= 15 is 0 Å². The molecule has 0 fully saturated rings. The third kappa shape index (κ3) is 3.95. The normalized spacial score (nSPS) is 12.6. The number of likely N-dealkylation sites (N-methyl/N-ethyl adjacent to an activating group) is 1. The zero-order chi connectivity index (χ0) is 8.69. The molecule has 1 atom stereocenters. The monoisotopic (exact) mass is 161 g/mol. The van der Waals surface area contributed by atoms with Gasteiger partial charge < -0.3 is 15.2 Å². The first-order valence-electron chi connectivity index (χ1n) is 3.68. The van der Waals surface area contributed by atoms with Gasteiger partial charge in [0, 0.05) is 6.61 Å². The molecule has 0 aromatic carbocycles. The van der Waals surface area contributed by atoms with Crippen LogP contribution in [0.15, 0.2) is 0 Å². The molecule has 0 aliphatic heterocycles. The average molecular weight is 161 g/mol. The van der Waals surface area contributed by atoms with Crippen molar-refractivity contribution in [2.24, 2.45) is 0 Å². The standard InChI is InChI=1S/C7H15NO3/c1-3-8-6(4-5-9)7(10)11-2/h6,8-9H,3-5H2,1-2H3. The van der Waals surface area contributed by atoms with Crippen molar-refractivity contribution in [2.45, 2.75) is 19.4 Å². The molecule has 2 N–H and O–H groups in total. The lowest BCUT2D eigenvalue weighted by molar-refractivity contribution is -0.143. The highest BCUT2D eigenvalue weighted by Crippen LogP contribution is 1.92. The van der Waals surface area contributed by atoms with Crippen LogP contribution in [0, 0.1) is 0 Å². The summed E-state index contributed by atoms with van der Waals surface area (Å²) in [5.74, 6) is -0.319. The van der Waals surface area contributed by atoms with Crippen LogP contribution in [0.4, 0.5) is 0 Å². The molecule has 4 heteroatoms. The number of aliphatic hydroxyl groups excluding tert-OH is 1. The summed E-state index contributed by atoms with van der Waals surface area (Å²) in [5.41, 5.74) is 0. The zero-order valence-electron chi connectivity index (χ0n) is 6.96. The van der Waals surface area contributed by atoms with E-state index < -0.39 is 0 Å². The Hall–Kier alpha value is -0.610. The summed E-state index contributed by atoms with van der Waals surface area (Å²) < 4.78 is 4.50. The highest BCUT2D eigenvalue weighted by Gasteiger charge is 2.15. The Morgan fingerprint density at radius 3 is 2.73 bits per heavy atom. The van der Waals surface area contributed by atoms with Crippen LogP contribution < -0.4 is 5.32 Å². The number of hydrogen-bond acceptors (Lipinski definition) is 4. The van der Waals surface area contributed by atoms with E-state index in [-0.39, 0.29) is 18.6 Å². The molecule has 4 nitrogen and oxygen atoms in total. The molecule has 0 saturated carbocycles. The lowest BCUT2D eigenvalue weighted by atomic mass is 10.2. The van der Waals surface area contributed by atoms with Crippen LogP contribution >= 0.6 is 0 Å². The van der Waals surface area contributed by atoms with Crippen LogP contribution in [0.1, 0.15) is 13.3 Å². The number of methoxy groups -OCH3 is 1. The molecule has 0 amide bonds. The first kappa shape index (κ1) is 10.4. The van der Waals surface area contributed by atoms with Crippen LogP contribution in [0.3, 0.4) is 0 Å². The van der Waals surface area contributed by atoms with Crippen LogP contribution in [0.5, 0.6) is 0 Å². The van der Waals surface area contributed by atoms with E-state index in [0.29, 0.717) is 13.0 Å². The maximum atomic E-state index is 10.9. The van der Waals surface area contributed by atoms with Gasteiger partial charge in [0.25, 0.3) is 0 Å². The first-order valence-corrected chi connectivity index (χ1v) is 3.68. The molecule has 0 saturated heterocycles. The number of aliphatic hydroxyl groups is 1. The van der Waals surface area contributed by atoms with Crippen molar-refractivity contribution in [3.05, 3.63) is 0 Å². The van der Waals surface area contributed by atoms with E-state index in [1.807, 2.05) is 6.92 Å². The van der Waals surface area contributed by atoms with Gasteiger partial charge in [0.2, 0.25) is 0 Å². The van der Waals surface area contributed by atoms with Crippen molar-refractivity contribution < 1.29 is 14.6 Å². The molecule has 0 aromatic heterocycles. The highest BCUT2D eigenvalue weighted by molar-refractivity contribution is 5.75. The minimum atomic E-state index is -0.366. The molecule has 0 bridgehead atoms. The molecule has 0 radical (unpaired) electrons. The van der Waals surface area contributed by atoms with Gasteiger partial charge in [0.15, 0.2) is 0 Å². The van der Waals surface area contributed by atoms with Crippen LogP contribution in [-0.4, -0.2) is 37.4 Å². The Balaban J connectivity index is 3.76. The number of carbonyl (C=O) groups is 1. The summed E-state index contributed by atoms with van der Waals surface area (Å²) in [7, 11) is 1.34. The topological polar surface area (TPSA) is 58.6 Å². The largest absolute Gasteiger partial charge is 0.468 e. The van der Waals surface area contributed by atoms with Gasteiger partial charge in [-0.05, 0) is 13.0 Å². The lowest BCUT2D eigenvalue weighted by Gasteiger charge is -2.13. The minimum Gasteiger partial charge on any atom is -0.468 e. The van der Waals surface area contributed by atoms with Crippen LogP contribution in [0.2, 0.25) is 0 Å². The van der Waals surface area contributed by atoms with E-state index in [0.717, 1.165) is 0 Å². The Bertz CT molecular complexity index is 110. The minimum absolute atomic E-state index is 0.00718.